The molecule has 2 aliphatic heterocycles. The van der Waals surface area contributed by atoms with Gasteiger partial charge in [0.1, 0.15) is 4.88 Å². The van der Waals surface area contributed by atoms with E-state index in [4.69, 9.17) is 4.74 Å². The zero-order valence-electron chi connectivity index (χ0n) is 13.2. The third-order valence-electron chi connectivity index (χ3n) is 4.87. The normalized spacial score (nSPS) is 22.3. The fourth-order valence-corrected chi connectivity index (χ4v) is 4.45. The Hall–Kier alpha value is -1.72. The van der Waals surface area contributed by atoms with Gasteiger partial charge in [0.2, 0.25) is 0 Å². The van der Waals surface area contributed by atoms with E-state index in [0.29, 0.717) is 0 Å². The van der Waals surface area contributed by atoms with E-state index in [-0.39, 0.29) is 17.4 Å². The Morgan fingerprint density at radius 2 is 2.17 bits per heavy atom. The molecule has 120 valence electrons. The van der Waals surface area contributed by atoms with Gasteiger partial charge in [0.15, 0.2) is 0 Å². The second-order valence-corrected chi connectivity index (χ2v) is 7.61. The van der Waals surface area contributed by atoms with E-state index in [1.165, 1.54) is 16.9 Å². The van der Waals surface area contributed by atoms with Gasteiger partial charge in [-0.2, -0.15) is 0 Å². The van der Waals surface area contributed by atoms with Gasteiger partial charge in [-0.3, -0.25) is 4.79 Å². The van der Waals surface area contributed by atoms with E-state index in [9.17, 15) is 4.79 Å². The number of amides is 1. The molecule has 2 aromatic rings. The molecule has 0 N–H and O–H groups in total. The van der Waals surface area contributed by atoms with Crippen LogP contribution in [0.15, 0.2) is 35.8 Å². The van der Waals surface area contributed by atoms with E-state index >= 15 is 0 Å². The van der Waals surface area contributed by atoms with Crippen LogP contribution in [-0.4, -0.2) is 41.6 Å². The molecule has 1 aromatic carbocycles. The number of rotatable bonds is 3. The number of aromatic nitrogens is 1. The van der Waals surface area contributed by atoms with Gasteiger partial charge in [0.25, 0.3) is 5.91 Å². The zero-order valence-corrected chi connectivity index (χ0v) is 14.0. The van der Waals surface area contributed by atoms with Crippen LogP contribution in [0.5, 0.6) is 0 Å². The Labute approximate surface area is 140 Å². The Morgan fingerprint density at radius 1 is 1.39 bits per heavy atom. The van der Waals surface area contributed by atoms with Crippen LogP contribution in [0, 0.1) is 12.3 Å². The van der Waals surface area contributed by atoms with Crippen LogP contribution in [0.2, 0.25) is 0 Å². The van der Waals surface area contributed by atoms with Crippen LogP contribution in [-0.2, 0) is 11.2 Å². The summed E-state index contributed by atoms with van der Waals surface area (Å²) in [7, 11) is 0. The van der Waals surface area contributed by atoms with Crippen LogP contribution >= 0.6 is 11.3 Å². The van der Waals surface area contributed by atoms with E-state index < -0.39 is 0 Å². The lowest BCUT2D eigenvalue weighted by molar-refractivity contribution is -0.00107. The monoisotopic (exact) mass is 328 g/mol. The molecule has 4 rings (SSSR count). The molecule has 3 heterocycles. The van der Waals surface area contributed by atoms with Gasteiger partial charge in [0.05, 0.1) is 23.9 Å². The average molecular weight is 328 g/mol. The first-order valence-electron chi connectivity index (χ1n) is 8.00. The Kier molecular flexibility index (Phi) is 3.70. The number of aryl methyl sites for hydroxylation is 1. The number of carbonyl (C=O) groups is 1. The van der Waals surface area contributed by atoms with Crippen molar-refractivity contribution in [1.82, 2.24) is 9.88 Å². The number of ether oxygens (including phenoxy) is 1. The van der Waals surface area contributed by atoms with Crippen molar-refractivity contribution < 1.29 is 9.53 Å². The summed E-state index contributed by atoms with van der Waals surface area (Å²) in [6.45, 7) is 4.30. The summed E-state index contributed by atoms with van der Waals surface area (Å²) in [4.78, 5) is 19.4. The number of hydrogen-bond acceptors (Lipinski definition) is 4. The molecular formula is C18H20N2O2S. The third-order valence-corrected chi connectivity index (χ3v) is 5.79. The maximum atomic E-state index is 12.5. The summed E-state index contributed by atoms with van der Waals surface area (Å²) in [5.41, 5.74) is 4.08. The van der Waals surface area contributed by atoms with Crippen molar-refractivity contribution in [2.75, 3.05) is 19.7 Å². The number of carbonyl (C=O) groups excluding carboxylic acids is 1. The molecular weight excluding hydrogens is 308 g/mol. The smallest absolute Gasteiger partial charge is 0.265 e. The van der Waals surface area contributed by atoms with E-state index in [1.807, 2.05) is 17.9 Å². The molecule has 1 aromatic heterocycles. The van der Waals surface area contributed by atoms with E-state index in [0.717, 1.165) is 43.1 Å². The average Bonchev–Trinajstić information content (AvgIpc) is 3.13. The maximum absolute atomic E-state index is 12.5. The van der Waals surface area contributed by atoms with Crippen molar-refractivity contribution in [1.29, 1.82) is 0 Å². The molecule has 2 aliphatic rings. The summed E-state index contributed by atoms with van der Waals surface area (Å²) in [6, 6.07) is 10.5. The summed E-state index contributed by atoms with van der Waals surface area (Å²) >= 11 is 1.43. The Bertz CT molecular complexity index is 707. The van der Waals surface area contributed by atoms with Crippen molar-refractivity contribution in [2.45, 2.75) is 25.9 Å². The lowest BCUT2D eigenvalue weighted by Gasteiger charge is -2.47. The first kappa shape index (κ1) is 14.8. The van der Waals surface area contributed by atoms with Crippen LogP contribution < -0.4 is 0 Å². The molecule has 0 aliphatic carbocycles. The summed E-state index contributed by atoms with van der Waals surface area (Å²) < 4.78 is 6.01. The van der Waals surface area contributed by atoms with Crippen molar-refractivity contribution in [2.24, 2.45) is 5.41 Å². The molecule has 0 radical (unpaired) electrons. The van der Waals surface area contributed by atoms with Crippen LogP contribution in [0.1, 0.15) is 27.3 Å². The molecule has 23 heavy (non-hydrogen) atoms. The molecule has 1 unspecified atom stereocenters. The summed E-state index contributed by atoms with van der Waals surface area (Å²) in [6.07, 6.45) is 2.29. The number of hydrogen-bond donors (Lipinski definition) is 0. The minimum absolute atomic E-state index is 0.127. The fraction of sp³-hybridized carbons (Fsp3) is 0.444. The molecule has 1 spiro atoms. The number of benzene rings is 1. The predicted octanol–water partition coefficient (Wildman–Crippen LogP) is 2.93. The molecule has 1 atom stereocenters. The van der Waals surface area contributed by atoms with Crippen LogP contribution in [0.25, 0.3) is 0 Å². The predicted molar refractivity (Wildman–Crippen MR) is 89.7 cm³/mol. The topological polar surface area (TPSA) is 42.4 Å². The second kappa shape index (κ2) is 5.73. The maximum Gasteiger partial charge on any atom is 0.265 e. The lowest BCUT2D eigenvalue weighted by atomic mass is 9.77. The molecule has 2 fully saturated rings. The SMILES string of the molecule is Cc1ncsc1C(=O)N1CC2(COC(Cc3ccccc3)C2)C1. The first-order chi connectivity index (χ1) is 11.2. The van der Waals surface area contributed by atoms with E-state index in [2.05, 4.69) is 29.2 Å². The number of thiazole rings is 1. The number of nitrogens with zero attached hydrogens (tertiary/aromatic N) is 2. The van der Waals surface area contributed by atoms with Gasteiger partial charge < -0.3 is 9.64 Å². The highest BCUT2D eigenvalue weighted by Gasteiger charge is 2.50. The Morgan fingerprint density at radius 3 is 2.87 bits per heavy atom. The lowest BCUT2D eigenvalue weighted by Crippen LogP contribution is -2.58. The van der Waals surface area contributed by atoms with Gasteiger partial charge in [0, 0.05) is 18.5 Å². The molecule has 5 heteroatoms. The summed E-state index contributed by atoms with van der Waals surface area (Å²) in [5, 5.41) is 0. The van der Waals surface area contributed by atoms with Crippen LogP contribution in [0.3, 0.4) is 0 Å². The summed E-state index contributed by atoms with van der Waals surface area (Å²) in [5.74, 6) is 0.127. The standard InChI is InChI=1S/C18H20N2O2S/c1-13-16(23-12-19-13)17(21)20-9-18(10-20)8-15(22-11-18)7-14-5-3-2-4-6-14/h2-6,12,15H,7-11H2,1H3. The quantitative estimate of drug-likeness (QED) is 0.870. The highest BCUT2D eigenvalue weighted by Crippen LogP contribution is 2.42. The van der Waals surface area contributed by atoms with Gasteiger partial charge >= 0.3 is 0 Å². The highest BCUT2D eigenvalue weighted by molar-refractivity contribution is 7.11. The molecule has 0 bridgehead atoms. The molecule has 4 nitrogen and oxygen atoms in total. The Balaban J connectivity index is 1.35. The third kappa shape index (κ3) is 2.79. The minimum Gasteiger partial charge on any atom is -0.377 e. The molecule has 0 saturated carbocycles. The van der Waals surface area contributed by atoms with Crippen molar-refractivity contribution >= 4 is 17.2 Å². The highest BCUT2D eigenvalue weighted by atomic mass is 32.1. The minimum atomic E-state index is 0.127. The second-order valence-electron chi connectivity index (χ2n) is 6.75. The van der Waals surface area contributed by atoms with Crippen molar-refractivity contribution in [3.05, 3.63) is 52.0 Å². The van der Waals surface area contributed by atoms with Gasteiger partial charge in [-0.15, -0.1) is 11.3 Å². The van der Waals surface area contributed by atoms with Crippen molar-refractivity contribution in [3.8, 4) is 0 Å². The number of likely N-dealkylation sites (tertiary alicyclic amines) is 1. The zero-order chi connectivity index (χ0) is 15.9. The van der Waals surface area contributed by atoms with Crippen LogP contribution in [0.4, 0.5) is 0 Å². The first-order valence-corrected chi connectivity index (χ1v) is 8.88. The molecule has 2 saturated heterocycles. The van der Waals surface area contributed by atoms with Crippen molar-refractivity contribution in [3.63, 3.8) is 0 Å². The van der Waals surface area contributed by atoms with Gasteiger partial charge in [-0.25, -0.2) is 4.98 Å². The fourth-order valence-electron chi connectivity index (χ4n) is 3.68. The largest absolute Gasteiger partial charge is 0.377 e. The molecule has 1 amide bonds. The van der Waals surface area contributed by atoms with E-state index in [1.54, 1.807) is 5.51 Å². The van der Waals surface area contributed by atoms with Gasteiger partial charge in [-0.1, -0.05) is 30.3 Å². The van der Waals surface area contributed by atoms with Gasteiger partial charge in [-0.05, 0) is 25.3 Å².